The van der Waals surface area contributed by atoms with Gasteiger partial charge in [0.25, 0.3) is 0 Å². The Morgan fingerprint density at radius 2 is 1.65 bits per heavy atom. The number of fused-ring (bicyclic) bond motifs is 2. The van der Waals surface area contributed by atoms with E-state index in [0.717, 1.165) is 69.3 Å². The minimum absolute atomic E-state index is 0.167. The average Bonchev–Trinajstić information content (AvgIpc) is 3.46. The Hall–Kier alpha value is -3.29. The van der Waals surface area contributed by atoms with Crippen molar-refractivity contribution in [2.45, 2.75) is 52.0 Å². The van der Waals surface area contributed by atoms with Gasteiger partial charge in [0.05, 0.1) is 24.5 Å². The largest absolute Gasteiger partial charge is 0.490 e. The summed E-state index contributed by atoms with van der Waals surface area (Å²) in [7, 11) is 0. The first-order chi connectivity index (χ1) is 19.5. The Bertz CT molecular complexity index is 1330. The highest BCUT2D eigenvalue weighted by atomic mass is 35.5. The van der Waals surface area contributed by atoms with Gasteiger partial charge >= 0.3 is 0 Å². The molecule has 0 atom stereocenters. The fourth-order valence-electron chi connectivity index (χ4n) is 5.36. The van der Waals surface area contributed by atoms with E-state index in [1.54, 1.807) is 24.3 Å². The van der Waals surface area contributed by atoms with E-state index in [0.29, 0.717) is 46.8 Å². The maximum absolute atomic E-state index is 15.2. The number of ether oxygens (including phenoxy) is 2. The highest BCUT2D eigenvalue weighted by Gasteiger charge is 2.20. The standard InChI is InChI=1S/C32H37ClFN3O3/c1-23-18-28(37-15-7-8-16-37)26(34)19-24(23)21-36-14-6-2-3-9-17-39-30-10-4-5-11-31(30)40-29-13-12-25(33)20-27(29)35-32(38)22-36/h4-5,10-13,18-20H,2-3,6-9,14-17,21-22H2,1H3,(H,35,38). The smallest absolute Gasteiger partial charge is 0.238 e. The Morgan fingerprint density at radius 1 is 0.900 bits per heavy atom. The van der Waals surface area contributed by atoms with E-state index >= 15 is 4.39 Å². The summed E-state index contributed by atoms with van der Waals surface area (Å²) in [6.45, 7) is 5.80. The molecule has 0 radical (unpaired) electrons. The molecule has 0 aromatic heterocycles. The van der Waals surface area contributed by atoms with Crippen LogP contribution in [0.15, 0.2) is 54.6 Å². The number of nitrogens with zero attached hydrogens (tertiary/aromatic N) is 2. The molecule has 3 aromatic carbocycles. The van der Waals surface area contributed by atoms with E-state index in [-0.39, 0.29) is 18.3 Å². The van der Waals surface area contributed by atoms with Gasteiger partial charge in [-0.05, 0) is 92.7 Å². The predicted molar refractivity (Wildman–Crippen MR) is 158 cm³/mol. The zero-order valence-corrected chi connectivity index (χ0v) is 23.8. The zero-order chi connectivity index (χ0) is 27.9. The lowest BCUT2D eigenvalue weighted by Gasteiger charge is -2.25. The molecule has 0 spiro atoms. The van der Waals surface area contributed by atoms with Crippen LogP contribution in [0, 0.1) is 12.7 Å². The molecule has 1 saturated heterocycles. The molecule has 2 heterocycles. The fourth-order valence-corrected chi connectivity index (χ4v) is 5.53. The normalized spacial score (nSPS) is 17.4. The third-order valence-corrected chi connectivity index (χ3v) is 7.76. The fraction of sp³-hybridized carbons (Fsp3) is 0.406. The molecule has 3 aromatic rings. The van der Waals surface area contributed by atoms with Gasteiger partial charge in [-0.3, -0.25) is 9.69 Å². The van der Waals surface area contributed by atoms with Crippen molar-refractivity contribution in [1.29, 1.82) is 0 Å². The molecule has 1 amide bonds. The van der Waals surface area contributed by atoms with Crippen LogP contribution < -0.4 is 19.7 Å². The van der Waals surface area contributed by atoms with Crippen LogP contribution in [0.5, 0.6) is 17.2 Å². The Morgan fingerprint density at radius 3 is 2.48 bits per heavy atom. The van der Waals surface area contributed by atoms with Gasteiger partial charge in [0.2, 0.25) is 5.91 Å². The van der Waals surface area contributed by atoms with Crippen molar-refractivity contribution < 1.29 is 18.7 Å². The number of halogens is 2. The summed E-state index contributed by atoms with van der Waals surface area (Å²) < 4.78 is 27.4. The van der Waals surface area contributed by atoms with E-state index < -0.39 is 0 Å². The van der Waals surface area contributed by atoms with Gasteiger partial charge in [-0.1, -0.05) is 36.6 Å². The average molecular weight is 566 g/mol. The van der Waals surface area contributed by atoms with E-state index in [1.165, 1.54) is 0 Å². The van der Waals surface area contributed by atoms with Crippen LogP contribution in [-0.2, 0) is 11.3 Å². The molecule has 0 unspecified atom stereocenters. The van der Waals surface area contributed by atoms with Gasteiger partial charge < -0.3 is 19.7 Å². The molecule has 0 aliphatic carbocycles. The highest BCUT2D eigenvalue weighted by molar-refractivity contribution is 6.31. The lowest BCUT2D eigenvalue weighted by Crippen LogP contribution is -2.34. The number of carbonyl (C=O) groups excluding carboxylic acids is 1. The monoisotopic (exact) mass is 565 g/mol. The molecule has 2 aliphatic rings. The third-order valence-electron chi connectivity index (χ3n) is 7.52. The molecule has 1 fully saturated rings. The maximum atomic E-state index is 15.2. The Balaban J connectivity index is 1.36. The number of carbonyl (C=O) groups is 1. The molecule has 8 heteroatoms. The van der Waals surface area contributed by atoms with E-state index in [2.05, 4.69) is 15.1 Å². The van der Waals surface area contributed by atoms with Gasteiger partial charge in [-0.25, -0.2) is 4.39 Å². The number of para-hydroxylation sites is 2. The second-order valence-electron chi connectivity index (χ2n) is 10.6. The molecule has 6 nitrogen and oxygen atoms in total. The molecule has 0 bridgehead atoms. The second-order valence-corrected chi connectivity index (χ2v) is 11.1. The van der Waals surface area contributed by atoms with Crippen molar-refractivity contribution in [3.05, 3.63) is 76.6 Å². The number of rotatable bonds is 3. The highest BCUT2D eigenvalue weighted by Crippen LogP contribution is 2.37. The van der Waals surface area contributed by atoms with Gasteiger partial charge in [0, 0.05) is 24.7 Å². The lowest BCUT2D eigenvalue weighted by atomic mass is 10.1. The van der Waals surface area contributed by atoms with Crippen LogP contribution in [0.2, 0.25) is 5.02 Å². The predicted octanol–water partition coefficient (Wildman–Crippen LogP) is 7.57. The Kier molecular flexibility index (Phi) is 9.45. The minimum Gasteiger partial charge on any atom is -0.490 e. The van der Waals surface area contributed by atoms with Gasteiger partial charge in [0.15, 0.2) is 17.2 Å². The van der Waals surface area contributed by atoms with Crippen LogP contribution in [0.4, 0.5) is 15.8 Å². The van der Waals surface area contributed by atoms with Crippen LogP contribution in [-0.4, -0.2) is 43.6 Å². The van der Waals surface area contributed by atoms with Crippen molar-refractivity contribution in [3.8, 4) is 17.2 Å². The summed E-state index contributed by atoms with van der Waals surface area (Å²) >= 11 is 6.28. The number of benzene rings is 3. The van der Waals surface area contributed by atoms with Crippen LogP contribution in [0.3, 0.4) is 0 Å². The van der Waals surface area contributed by atoms with Crippen molar-refractivity contribution in [2.24, 2.45) is 0 Å². The minimum atomic E-state index is -0.192. The summed E-state index contributed by atoms with van der Waals surface area (Å²) in [5.41, 5.74) is 3.11. The first-order valence-corrected chi connectivity index (χ1v) is 14.6. The van der Waals surface area contributed by atoms with Crippen LogP contribution in [0.1, 0.15) is 49.7 Å². The number of anilines is 2. The number of nitrogens with one attached hydrogen (secondary N) is 1. The first kappa shape index (κ1) is 28.2. The number of aryl methyl sites for hydroxylation is 1. The van der Waals surface area contributed by atoms with Gasteiger partial charge in [-0.2, -0.15) is 0 Å². The topological polar surface area (TPSA) is 54.0 Å². The summed E-state index contributed by atoms with van der Waals surface area (Å²) in [5.74, 6) is 1.33. The summed E-state index contributed by atoms with van der Waals surface area (Å²) in [6.07, 6.45) is 6.08. The number of amides is 1. The lowest BCUT2D eigenvalue weighted by molar-refractivity contribution is -0.117. The molecule has 212 valence electrons. The van der Waals surface area contributed by atoms with Gasteiger partial charge in [-0.15, -0.1) is 0 Å². The van der Waals surface area contributed by atoms with Crippen LogP contribution in [0.25, 0.3) is 0 Å². The number of hydrogen-bond acceptors (Lipinski definition) is 5. The quantitative estimate of drug-likeness (QED) is 0.355. The van der Waals surface area contributed by atoms with E-state index in [1.807, 2.05) is 37.3 Å². The summed E-state index contributed by atoms with van der Waals surface area (Å²) in [5, 5.41) is 3.48. The molecule has 2 aliphatic heterocycles. The SMILES string of the molecule is Cc1cc(N2CCCC2)c(F)cc1CN1CCCCCCOc2ccccc2Oc2ccc(Cl)cc2NC(=O)C1. The molecular formula is C32H37ClFN3O3. The molecular weight excluding hydrogens is 529 g/mol. The molecule has 1 N–H and O–H groups in total. The molecule has 5 rings (SSSR count). The van der Waals surface area contributed by atoms with E-state index in [4.69, 9.17) is 21.1 Å². The van der Waals surface area contributed by atoms with Crippen molar-refractivity contribution in [2.75, 3.05) is 43.0 Å². The van der Waals surface area contributed by atoms with Crippen molar-refractivity contribution >= 4 is 28.9 Å². The zero-order valence-electron chi connectivity index (χ0n) is 23.1. The summed E-state index contributed by atoms with van der Waals surface area (Å²) in [6, 6.07) is 16.3. The van der Waals surface area contributed by atoms with E-state index in [9.17, 15) is 4.79 Å². The molecule has 0 saturated carbocycles. The first-order valence-electron chi connectivity index (χ1n) is 14.2. The summed E-state index contributed by atoms with van der Waals surface area (Å²) in [4.78, 5) is 17.5. The van der Waals surface area contributed by atoms with Crippen molar-refractivity contribution in [1.82, 2.24) is 4.90 Å². The van der Waals surface area contributed by atoms with Crippen molar-refractivity contribution in [3.63, 3.8) is 0 Å². The van der Waals surface area contributed by atoms with Gasteiger partial charge in [0.1, 0.15) is 5.82 Å². The second kappa shape index (κ2) is 13.4. The number of hydrogen-bond donors (Lipinski definition) is 1. The van der Waals surface area contributed by atoms with Crippen LogP contribution >= 0.6 is 11.6 Å². The third kappa shape index (κ3) is 7.26. The maximum Gasteiger partial charge on any atom is 0.238 e. The Labute approximate surface area is 241 Å². The molecule has 40 heavy (non-hydrogen) atoms.